The van der Waals surface area contributed by atoms with Gasteiger partial charge in [0.25, 0.3) is 5.91 Å². The van der Waals surface area contributed by atoms with Gasteiger partial charge in [-0.1, -0.05) is 30.3 Å². The van der Waals surface area contributed by atoms with Crippen LogP contribution in [0.1, 0.15) is 21.5 Å². The van der Waals surface area contributed by atoms with Crippen LogP contribution in [0.15, 0.2) is 77.9 Å². The van der Waals surface area contributed by atoms with Crippen molar-refractivity contribution in [2.24, 2.45) is 5.10 Å². The van der Waals surface area contributed by atoms with E-state index in [0.29, 0.717) is 17.7 Å². The van der Waals surface area contributed by atoms with Gasteiger partial charge in [0.2, 0.25) is 0 Å². The molecule has 3 N–H and O–H groups in total. The summed E-state index contributed by atoms with van der Waals surface area (Å²) in [5.74, 6) is 0.229. The molecule has 0 unspecified atom stereocenters. The Kier molecular flexibility index (Phi) is 5.69. The smallest absolute Gasteiger partial charge is 0.271 e. The normalized spacial score (nSPS) is 10.7. The predicted octanol–water partition coefficient (Wildman–Crippen LogP) is 3.44. The highest BCUT2D eigenvalue weighted by Crippen LogP contribution is 2.20. The summed E-state index contributed by atoms with van der Waals surface area (Å²) in [7, 11) is 0. The molecule has 136 valence electrons. The van der Waals surface area contributed by atoms with Crippen molar-refractivity contribution in [3.63, 3.8) is 0 Å². The minimum absolute atomic E-state index is 0.0509. The number of carbonyl (C=O) groups excluding carboxylic acids is 1. The zero-order valence-corrected chi connectivity index (χ0v) is 14.4. The van der Waals surface area contributed by atoms with Gasteiger partial charge >= 0.3 is 0 Å². The molecule has 0 aliphatic rings. The van der Waals surface area contributed by atoms with E-state index in [4.69, 9.17) is 4.74 Å². The number of aromatic hydroxyl groups is 2. The van der Waals surface area contributed by atoms with Crippen molar-refractivity contribution in [2.75, 3.05) is 0 Å². The van der Waals surface area contributed by atoms with Crippen molar-refractivity contribution in [3.8, 4) is 17.2 Å². The fraction of sp³-hybridized carbons (Fsp3) is 0.0476. The Labute approximate surface area is 156 Å². The molecule has 6 heteroatoms. The van der Waals surface area contributed by atoms with Crippen LogP contribution < -0.4 is 10.2 Å². The number of nitrogens with one attached hydrogen (secondary N) is 1. The van der Waals surface area contributed by atoms with Crippen LogP contribution in [0.2, 0.25) is 0 Å². The zero-order valence-electron chi connectivity index (χ0n) is 14.4. The molecule has 0 radical (unpaired) electrons. The lowest BCUT2D eigenvalue weighted by atomic mass is 10.1. The molecule has 0 heterocycles. The molecule has 3 rings (SSSR count). The van der Waals surface area contributed by atoms with Crippen LogP contribution in [-0.2, 0) is 6.61 Å². The average Bonchev–Trinajstić information content (AvgIpc) is 2.69. The molecule has 0 aliphatic carbocycles. The molecule has 27 heavy (non-hydrogen) atoms. The first-order valence-corrected chi connectivity index (χ1v) is 8.24. The van der Waals surface area contributed by atoms with Crippen molar-refractivity contribution in [1.82, 2.24) is 5.43 Å². The molecule has 0 saturated carbocycles. The third-order valence-electron chi connectivity index (χ3n) is 3.75. The van der Waals surface area contributed by atoms with Gasteiger partial charge in [0.05, 0.1) is 6.21 Å². The van der Waals surface area contributed by atoms with E-state index in [0.717, 1.165) is 11.3 Å². The molecular formula is C21H18N2O4. The standard InChI is InChI=1S/C21H18N2O4/c24-18-11-10-17(20(25)12-18)13-22-23-21(26)16-8-6-15(7-9-16)14-27-19-4-2-1-3-5-19/h1-13,24-25H,14H2,(H,23,26)/b22-13+. The number of hydrazone groups is 1. The molecule has 0 atom stereocenters. The van der Waals surface area contributed by atoms with E-state index in [-0.39, 0.29) is 17.4 Å². The fourth-order valence-corrected chi connectivity index (χ4v) is 2.30. The molecule has 0 bridgehead atoms. The molecule has 0 aromatic heterocycles. The van der Waals surface area contributed by atoms with Gasteiger partial charge in [-0.15, -0.1) is 0 Å². The zero-order chi connectivity index (χ0) is 19.1. The first kappa shape index (κ1) is 18.0. The van der Waals surface area contributed by atoms with Crippen LogP contribution in [0.3, 0.4) is 0 Å². The number of carbonyl (C=O) groups is 1. The Balaban J connectivity index is 1.54. The van der Waals surface area contributed by atoms with E-state index >= 15 is 0 Å². The summed E-state index contributed by atoms with van der Waals surface area (Å²) in [4.78, 5) is 12.1. The number of hydrogen-bond acceptors (Lipinski definition) is 5. The van der Waals surface area contributed by atoms with Gasteiger partial charge in [0.1, 0.15) is 23.9 Å². The summed E-state index contributed by atoms with van der Waals surface area (Å²) >= 11 is 0. The Bertz CT molecular complexity index is 938. The number of ether oxygens (including phenoxy) is 1. The Hall–Kier alpha value is -3.80. The number of hydrogen-bond donors (Lipinski definition) is 3. The third kappa shape index (κ3) is 5.09. The van der Waals surface area contributed by atoms with E-state index in [1.807, 2.05) is 42.5 Å². The molecule has 0 spiro atoms. The first-order chi connectivity index (χ1) is 13.1. The molecule has 0 fully saturated rings. The van der Waals surface area contributed by atoms with E-state index < -0.39 is 0 Å². The van der Waals surface area contributed by atoms with Crippen molar-refractivity contribution in [1.29, 1.82) is 0 Å². The largest absolute Gasteiger partial charge is 0.508 e. The molecule has 6 nitrogen and oxygen atoms in total. The van der Waals surface area contributed by atoms with Crippen molar-refractivity contribution in [3.05, 3.63) is 89.5 Å². The lowest BCUT2D eigenvalue weighted by Gasteiger charge is -2.06. The number of phenols is 2. The van der Waals surface area contributed by atoms with Gasteiger partial charge in [0.15, 0.2) is 0 Å². The number of para-hydroxylation sites is 1. The van der Waals surface area contributed by atoms with Crippen LogP contribution in [0.25, 0.3) is 0 Å². The van der Waals surface area contributed by atoms with Gasteiger partial charge in [-0.2, -0.15) is 5.10 Å². The van der Waals surface area contributed by atoms with Crippen LogP contribution >= 0.6 is 0 Å². The highest BCUT2D eigenvalue weighted by molar-refractivity contribution is 5.95. The Morgan fingerprint density at radius 2 is 1.74 bits per heavy atom. The van der Waals surface area contributed by atoms with E-state index in [1.54, 1.807) is 12.1 Å². The highest BCUT2D eigenvalue weighted by Gasteiger charge is 2.05. The van der Waals surface area contributed by atoms with Crippen LogP contribution in [0, 0.1) is 0 Å². The molecule has 1 amide bonds. The quantitative estimate of drug-likeness (QED) is 0.463. The maximum atomic E-state index is 12.1. The second-order valence-electron chi connectivity index (χ2n) is 5.74. The van der Waals surface area contributed by atoms with Gasteiger partial charge < -0.3 is 14.9 Å². The topological polar surface area (TPSA) is 91.2 Å². The Morgan fingerprint density at radius 3 is 2.44 bits per heavy atom. The molecule has 0 saturated heterocycles. The second-order valence-corrected chi connectivity index (χ2v) is 5.74. The molecular weight excluding hydrogens is 344 g/mol. The SMILES string of the molecule is O=C(N/N=C/c1ccc(O)cc1O)c1ccc(COc2ccccc2)cc1. The maximum absolute atomic E-state index is 12.1. The monoisotopic (exact) mass is 362 g/mol. The summed E-state index contributed by atoms with van der Waals surface area (Å²) in [6, 6.07) is 20.6. The molecule has 3 aromatic rings. The van der Waals surface area contributed by atoms with Crippen LogP contribution in [0.4, 0.5) is 0 Å². The summed E-state index contributed by atoms with van der Waals surface area (Å²) in [6.07, 6.45) is 1.30. The summed E-state index contributed by atoms with van der Waals surface area (Å²) in [5.41, 5.74) is 4.16. The molecule has 3 aromatic carbocycles. The first-order valence-electron chi connectivity index (χ1n) is 8.24. The lowest BCUT2D eigenvalue weighted by Crippen LogP contribution is -2.17. The van der Waals surface area contributed by atoms with Crippen LogP contribution in [-0.4, -0.2) is 22.3 Å². The fourth-order valence-electron chi connectivity index (χ4n) is 2.30. The van der Waals surface area contributed by atoms with E-state index in [2.05, 4.69) is 10.5 Å². The third-order valence-corrected chi connectivity index (χ3v) is 3.75. The van der Waals surface area contributed by atoms with E-state index in [1.165, 1.54) is 24.4 Å². The minimum atomic E-state index is -0.375. The summed E-state index contributed by atoms with van der Waals surface area (Å²) in [6.45, 7) is 0.407. The van der Waals surface area contributed by atoms with Gasteiger partial charge in [-0.05, 0) is 42.0 Å². The van der Waals surface area contributed by atoms with Crippen molar-refractivity contribution < 1.29 is 19.7 Å². The predicted molar refractivity (Wildman–Crippen MR) is 102 cm³/mol. The van der Waals surface area contributed by atoms with Gasteiger partial charge in [-0.25, -0.2) is 5.43 Å². The summed E-state index contributed by atoms with van der Waals surface area (Å²) in [5, 5.41) is 22.7. The second kappa shape index (κ2) is 8.53. The number of rotatable bonds is 6. The Morgan fingerprint density at radius 1 is 1.00 bits per heavy atom. The lowest BCUT2D eigenvalue weighted by molar-refractivity contribution is 0.0955. The number of nitrogens with zero attached hydrogens (tertiary/aromatic N) is 1. The highest BCUT2D eigenvalue weighted by atomic mass is 16.5. The van der Waals surface area contributed by atoms with Crippen molar-refractivity contribution in [2.45, 2.75) is 6.61 Å². The van der Waals surface area contributed by atoms with E-state index in [9.17, 15) is 15.0 Å². The number of amides is 1. The van der Waals surface area contributed by atoms with Gasteiger partial charge in [0, 0.05) is 17.2 Å². The number of benzene rings is 3. The average molecular weight is 362 g/mol. The minimum Gasteiger partial charge on any atom is -0.508 e. The molecule has 0 aliphatic heterocycles. The van der Waals surface area contributed by atoms with Gasteiger partial charge in [-0.3, -0.25) is 4.79 Å². The van der Waals surface area contributed by atoms with Crippen molar-refractivity contribution >= 4 is 12.1 Å². The van der Waals surface area contributed by atoms with Crippen LogP contribution in [0.5, 0.6) is 17.2 Å². The maximum Gasteiger partial charge on any atom is 0.271 e. The number of phenolic OH excluding ortho intramolecular Hbond substituents is 2. The summed E-state index contributed by atoms with van der Waals surface area (Å²) < 4.78 is 5.66.